The first-order valence-corrected chi connectivity index (χ1v) is 13.8. The number of fused-ring (bicyclic) bond motifs is 1. The number of amides is 3. The van der Waals surface area contributed by atoms with Gasteiger partial charge in [-0.2, -0.15) is 13.2 Å². The van der Waals surface area contributed by atoms with Crippen molar-refractivity contribution in [2.75, 3.05) is 20.3 Å². The van der Waals surface area contributed by atoms with E-state index in [0.717, 1.165) is 10.5 Å². The van der Waals surface area contributed by atoms with Gasteiger partial charge >= 0.3 is 18.3 Å². The molecule has 2 heterocycles. The van der Waals surface area contributed by atoms with Crippen molar-refractivity contribution >= 4 is 23.2 Å². The van der Waals surface area contributed by atoms with Crippen LogP contribution in [0.15, 0.2) is 52.9 Å². The predicted octanol–water partition coefficient (Wildman–Crippen LogP) is 6.26. The van der Waals surface area contributed by atoms with Crippen LogP contribution in [0.25, 0.3) is 11.1 Å². The average molecular weight is 611 g/mol. The van der Waals surface area contributed by atoms with Crippen molar-refractivity contribution in [2.45, 2.75) is 62.5 Å². The number of alkyl halides is 5. The second-order valence-electron chi connectivity index (χ2n) is 10.8. The maximum absolute atomic E-state index is 14.0. The number of methoxy groups -OCH3 is 1. The molecule has 9 nitrogen and oxygen atoms in total. The largest absolute Gasteiger partial charge is 0.445 e. The maximum Gasteiger partial charge on any atom is 0.410 e. The zero-order chi connectivity index (χ0) is 30.8. The van der Waals surface area contributed by atoms with Gasteiger partial charge in [0, 0.05) is 20.0 Å². The molecule has 14 heteroatoms. The molecule has 0 unspecified atom stereocenters. The van der Waals surface area contributed by atoms with Crippen LogP contribution in [-0.4, -0.2) is 60.4 Å². The average Bonchev–Trinajstić information content (AvgIpc) is 3.57. The first kappa shape index (κ1) is 30.5. The second-order valence-corrected chi connectivity index (χ2v) is 10.8. The van der Waals surface area contributed by atoms with Gasteiger partial charge in [-0.05, 0) is 42.0 Å². The summed E-state index contributed by atoms with van der Waals surface area (Å²) in [5.41, 5.74) is 1.83. The molecule has 2 fully saturated rings. The highest BCUT2D eigenvalue weighted by Gasteiger charge is 2.48. The van der Waals surface area contributed by atoms with Gasteiger partial charge in [0.05, 0.1) is 19.2 Å². The molecule has 0 radical (unpaired) electrons. The number of alkyl carbamates (subject to hydrolysis) is 1. The van der Waals surface area contributed by atoms with Gasteiger partial charge in [0.15, 0.2) is 5.58 Å². The maximum atomic E-state index is 14.0. The van der Waals surface area contributed by atoms with Crippen molar-refractivity contribution in [1.82, 2.24) is 20.5 Å². The molecule has 1 aliphatic carbocycles. The monoisotopic (exact) mass is 610 g/mol. The van der Waals surface area contributed by atoms with Gasteiger partial charge < -0.3 is 29.4 Å². The molecule has 43 heavy (non-hydrogen) atoms. The molecule has 3 atom stereocenters. The molecule has 1 aliphatic heterocycles. The molecule has 2 aliphatic rings. The van der Waals surface area contributed by atoms with E-state index in [0.29, 0.717) is 16.7 Å². The number of oxazole rings is 1. The summed E-state index contributed by atoms with van der Waals surface area (Å²) < 4.78 is 84.3. The Morgan fingerprint density at radius 1 is 1.19 bits per heavy atom. The molecular formula is C29H31F5N4O5. The van der Waals surface area contributed by atoms with E-state index < -0.39 is 54.8 Å². The Morgan fingerprint density at radius 2 is 1.91 bits per heavy atom. The van der Waals surface area contributed by atoms with Gasteiger partial charge in [-0.15, -0.1) is 0 Å². The Morgan fingerprint density at radius 3 is 2.56 bits per heavy atom. The zero-order valence-corrected chi connectivity index (χ0v) is 23.2. The van der Waals surface area contributed by atoms with Crippen LogP contribution in [0, 0.1) is 5.92 Å². The minimum Gasteiger partial charge on any atom is -0.445 e. The van der Waals surface area contributed by atoms with Crippen molar-refractivity contribution in [1.29, 1.82) is 0 Å². The van der Waals surface area contributed by atoms with Crippen LogP contribution in [-0.2, 0) is 16.1 Å². The number of hydrogen-bond acceptors (Lipinski definition) is 6. The molecule has 1 saturated carbocycles. The van der Waals surface area contributed by atoms with E-state index in [2.05, 4.69) is 10.3 Å². The van der Waals surface area contributed by atoms with Crippen LogP contribution < -0.4 is 10.6 Å². The molecule has 1 saturated heterocycles. The molecule has 5 rings (SSSR count). The summed E-state index contributed by atoms with van der Waals surface area (Å²) in [6.07, 6.45) is -5.86. The SMILES string of the molecule is COC[C@H](c1ccc2oc([C@@H](NC(=O)OCc3ccccc3)C3CCC(F)(F)CC3)nc2c1)N1C[C@@H](C(F)(F)F)NC1=O. The Labute approximate surface area is 243 Å². The van der Waals surface area contributed by atoms with E-state index in [-0.39, 0.29) is 44.8 Å². The number of benzene rings is 2. The van der Waals surface area contributed by atoms with Crippen LogP contribution >= 0.6 is 0 Å². The summed E-state index contributed by atoms with van der Waals surface area (Å²) in [5.74, 6) is -3.13. The van der Waals surface area contributed by atoms with Crippen LogP contribution in [0.2, 0.25) is 0 Å². The number of nitrogens with one attached hydrogen (secondary N) is 2. The highest BCUT2D eigenvalue weighted by molar-refractivity contribution is 5.78. The fourth-order valence-corrected chi connectivity index (χ4v) is 5.51. The number of aromatic nitrogens is 1. The van der Waals surface area contributed by atoms with E-state index >= 15 is 0 Å². The summed E-state index contributed by atoms with van der Waals surface area (Å²) in [4.78, 5) is 30.8. The van der Waals surface area contributed by atoms with Crippen molar-refractivity contribution < 1.29 is 45.4 Å². The standard InChI is InChI=1S/C29H31F5N4O5/c1-41-16-21(38-14-23(29(32,33)34)36-26(38)39)19-7-8-22-20(13-19)35-25(43-22)24(18-9-11-28(30,31)12-10-18)37-27(40)42-15-17-5-3-2-4-6-17/h2-8,13,18,21,23-24H,9-12,14-16H2,1H3,(H,36,39)(H,37,40)/t21-,23+,24+/m1/s1. The predicted molar refractivity (Wildman–Crippen MR) is 143 cm³/mol. The number of halogens is 5. The molecule has 0 spiro atoms. The van der Waals surface area contributed by atoms with Crippen LogP contribution in [0.4, 0.5) is 31.5 Å². The van der Waals surface area contributed by atoms with Crippen molar-refractivity contribution in [2.24, 2.45) is 5.92 Å². The molecule has 2 N–H and O–H groups in total. The number of carbonyl (C=O) groups excluding carboxylic acids is 2. The minimum absolute atomic E-state index is 0.000782. The van der Waals surface area contributed by atoms with Crippen LogP contribution in [0.3, 0.4) is 0 Å². The van der Waals surface area contributed by atoms with Gasteiger partial charge in [-0.3, -0.25) is 0 Å². The van der Waals surface area contributed by atoms with Crippen molar-refractivity contribution in [3.8, 4) is 0 Å². The summed E-state index contributed by atoms with van der Waals surface area (Å²) in [5, 5.41) is 4.70. The lowest BCUT2D eigenvalue weighted by molar-refractivity contribution is -0.150. The van der Waals surface area contributed by atoms with E-state index in [9.17, 15) is 31.5 Å². The van der Waals surface area contributed by atoms with Gasteiger partial charge in [-0.1, -0.05) is 36.4 Å². The normalized spacial score (nSPS) is 20.6. The number of ether oxygens (including phenoxy) is 2. The second kappa shape index (κ2) is 12.3. The van der Waals surface area contributed by atoms with Crippen molar-refractivity contribution in [3.63, 3.8) is 0 Å². The number of nitrogens with zero attached hydrogens (tertiary/aromatic N) is 2. The van der Waals surface area contributed by atoms with Gasteiger partial charge in [0.25, 0.3) is 0 Å². The Balaban J connectivity index is 1.39. The third kappa shape index (κ3) is 7.17. The molecule has 3 amide bonds. The Hall–Kier alpha value is -3.94. The smallest absolute Gasteiger partial charge is 0.410 e. The number of urea groups is 1. The minimum atomic E-state index is -4.61. The van der Waals surface area contributed by atoms with E-state index in [1.54, 1.807) is 42.5 Å². The van der Waals surface area contributed by atoms with E-state index in [1.165, 1.54) is 7.11 Å². The molecule has 1 aromatic heterocycles. The third-order valence-corrected chi connectivity index (χ3v) is 7.83. The third-order valence-electron chi connectivity index (χ3n) is 7.83. The Kier molecular flexibility index (Phi) is 8.76. The molecular weight excluding hydrogens is 579 g/mol. The number of rotatable bonds is 9. The van der Waals surface area contributed by atoms with E-state index in [1.807, 2.05) is 11.4 Å². The lowest BCUT2D eigenvalue weighted by atomic mass is 9.82. The number of hydrogen-bond donors (Lipinski definition) is 2. The molecule has 232 valence electrons. The zero-order valence-electron chi connectivity index (χ0n) is 23.2. The Bertz CT molecular complexity index is 1420. The summed E-state index contributed by atoms with van der Waals surface area (Å²) in [6, 6.07) is 9.10. The first-order chi connectivity index (χ1) is 20.4. The van der Waals surface area contributed by atoms with Crippen molar-refractivity contribution in [3.05, 3.63) is 65.5 Å². The summed E-state index contributed by atoms with van der Waals surface area (Å²) in [6.45, 7) is -0.678. The quantitative estimate of drug-likeness (QED) is 0.277. The lowest BCUT2D eigenvalue weighted by Gasteiger charge is -2.32. The summed E-state index contributed by atoms with van der Waals surface area (Å²) in [7, 11) is 1.37. The van der Waals surface area contributed by atoms with Gasteiger partial charge in [0.1, 0.15) is 24.2 Å². The topological polar surface area (TPSA) is 106 Å². The lowest BCUT2D eigenvalue weighted by Crippen LogP contribution is -2.40. The molecule has 3 aromatic rings. The fraction of sp³-hybridized carbons (Fsp3) is 0.483. The van der Waals surface area contributed by atoms with Gasteiger partial charge in [0.2, 0.25) is 11.8 Å². The first-order valence-electron chi connectivity index (χ1n) is 13.8. The fourth-order valence-electron chi connectivity index (χ4n) is 5.51. The highest BCUT2D eigenvalue weighted by Crippen LogP contribution is 2.42. The number of carbonyl (C=O) groups is 2. The molecule has 0 bridgehead atoms. The molecule has 2 aromatic carbocycles. The van der Waals surface area contributed by atoms with E-state index in [4.69, 9.17) is 13.9 Å². The summed E-state index contributed by atoms with van der Waals surface area (Å²) >= 11 is 0. The van der Waals surface area contributed by atoms with Gasteiger partial charge in [-0.25, -0.2) is 23.4 Å². The highest BCUT2D eigenvalue weighted by atomic mass is 19.4. The van der Waals surface area contributed by atoms with Crippen LogP contribution in [0.5, 0.6) is 0 Å². The van der Waals surface area contributed by atoms with Crippen LogP contribution in [0.1, 0.15) is 54.8 Å².